The second-order valence-corrected chi connectivity index (χ2v) is 4.79. The minimum Gasteiger partial charge on any atom is -0.459 e. The first-order valence-corrected chi connectivity index (χ1v) is 6.62. The molecule has 3 aromatic rings. The second kappa shape index (κ2) is 5.28. The fraction of sp³-hybridized carbons (Fsp3) is 0.125. The molecular weight excluding hydrogens is 266 g/mol. The van der Waals surface area contributed by atoms with E-state index in [1.165, 1.54) is 6.26 Å². The van der Waals surface area contributed by atoms with Gasteiger partial charge in [-0.25, -0.2) is 4.68 Å². The van der Waals surface area contributed by atoms with Crippen LogP contribution in [0.5, 0.6) is 0 Å². The van der Waals surface area contributed by atoms with Gasteiger partial charge in [-0.2, -0.15) is 5.10 Å². The van der Waals surface area contributed by atoms with Crippen molar-refractivity contribution in [2.24, 2.45) is 0 Å². The Morgan fingerprint density at radius 3 is 2.67 bits per heavy atom. The van der Waals surface area contributed by atoms with Crippen LogP contribution in [0, 0.1) is 13.8 Å². The number of para-hydroxylation sites is 2. The van der Waals surface area contributed by atoms with Crippen molar-refractivity contribution in [3.05, 3.63) is 65.9 Å². The molecule has 0 bridgehead atoms. The maximum atomic E-state index is 12.1. The van der Waals surface area contributed by atoms with E-state index in [1.54, 1.807) is 12.1 Å². The standard InChI is InChI=1S/C16H15N3O2/c1-11-10-12(2)19(18-11)14-7-4-3-6-13(14)17-16(20)15-8-5-9-21-15/h3-10H,1-2H3,(H,17,20). The van der Waals surface area contributed by atoms with Gasteiger partial charge in [0.05, 0.1) is 23.3 Å². The van der Waals surface area contributed by atoms with Gasteiger partial charge in [-0.15, -0.1) is 0 Å². The van der Waals surface area contributed by atoms with E-state index in [1.807, 2.05) is 48.9 Å². The molecule has 2 aromatic heterocycles. The molecule has 1 amide bonds. The Hall–Kier alpha value is -2.82. The minimum absolute atomic E-state index is 0.276. The number of anilines is 1. The Balaban J connectivity index is 1.97. The molecule has 1 aromatic carbocycles. The van der Waals surface area contributed by atoms with Crippen LogP contribution in [0.3, 0.4) is 0 Å². The highest BCUT2D eigenvalue weighted by molar-refractivity contribution is 6.03. The lowest BCUT2D eigenvalue weighted by Crippen LogP contribution is -2.13. The van der Waals surface area contributed by atoms with Gasteiger partial charge in [0.2, 0.25) is 0 Å². The van der Waals surface area contributed by atoms with E-state index in [2.05, 4.69) is 10.4 Å². The van der Waals surface area contributed by atoms with Crippen molar-refractivity contribution in [2.75, 3.05) is 5.32 Å². The van der Waals surface area contributed by atoms with Crippen LogP contribution in [0.2, 0.25) is 0 Å². The zero-order chi connectivity index (χ0) is 14.8. The molecule has 0 fully saturated rings. The number of aromatic nitrogens is 2. The van der Waals surface area contributed by atoms with Gasteiger partial charge in [0.25, 0.3) is 5.91 Å². The Labute approximate surface area is 122 Å². The van der Waals surface area contributed by atoms with Crippen molar-refractivity contribution in [3.8, 4) is 5.69 Å². The first kappa shape index (κ1) is 13.2. The fourth-order valence-corrected chi connectivity index (χ4v) is 2.23. The summed E-state index contributed by atoms with van der Waals surface area (Å²) in [5.41, 5.74) is 3.44. The van der Waals surface area contributed by atoms with Gasteiger partial charge in [0, 0.05) is 5.69 Å². The molecule has 0 aliphatic carbocycles. The Morgan fingerprint density at radius 1 is 1.19 bits per heavy atom. The lowest BCUT2D eigenvalue weighted by molar-refractivity contribution is 0.0996. The number of amides is 1. The van der Waals surface area contributed by atoms with Gasteiger partial charge in [-0.1, -0.05) is 12.1 Å². The summed E-state index contributed by atoms with van der Waals surface area (Å²) >= 11 is 0. The number of carbonyl (C=O) groups excluding carboxylic acids is 1. The molecule has 0 aliphatic heterocycles. The molecule has 0 radical (unpaired) electrons. The topological polar surface area (TPSA) is 60.1 Å². The molecule has 0 saturated carbocycles. The number of benzene rings is 1. The van der Waals surface area contributed by atoms with Gasteiger partial charge >= 0.3 is 0 Å². The van der Waals surface area contributed by atoms with Crippen molar-refractivity contribution in [3.63, 3.8) is 0 Å². The van der Waals surface area contributed by atoms with Gasteiger partial charge in [-0.3, -0.25) is 4.79 Å². The molecule has 0 spiro atoms. The molecule has 21 heavy (non-hydrogen) atoms. The molecule has 0 unspecified atom stereocenters. The third kappa shape index (κ3) is 2.58. The van der Waals surface area contributed by atoms with Crippen LogP contribution < -0.4 is 5.32 Å². The van der Waals surface area contributed by atoms with E-state index >= 15 is 0 Å². The van der Waals surface area contributed by atoms with Gasteiger partial charge < -0.3 is 9.73 Å². The molecule has 0 saturated heterocycles. The number of rotatable bonds is 3. The highest BCUT2D eigenvalue weighted by Crippen LogP contribution is 2.22. The lowest BCUT2D eigenvalue weighted by atomic mass is 10.2. The van der Waals surface area contributed by atoms with E-state index in [9.17, 15) is 4.79 Å². The highest BCUT2D eigenvalue weighted by Gasteiger charge is 2.13. The van der Waals surface area contributed by atoms with Crippen molar-refractivity contribution >= 4 is 11.6 Å². The molecule has 106 valence electrons. The summed E-state index contributed by atoms with van der Waals surface area (Å²) in [4.78, 5) is 12.1. The molecule has 1 N–H and O–H groups in total. The van der Waals surface area contributed by atoms with Crippen LogP contribution in [-0.4, -0.2) is 15.7 Å². The van der Waals surface area contributed by atoms with E-state index in [4.69, 9.17) is 4.42 Å². The van der Waals surface area contributed by atoms with Crippen LogP contribution in [0.4, 0.5) is 5.69 Å². The van der Waals surface area contributed by atoms with E-state index in [0.29, 0.717) is 5.69 Å². The normalized spacial score (nSPS) is 10.6. The van der Waals surface area contributed by atoms with Gasteiger partial charge in [-0.05, 0) is 44.2 Å². The molecular formula is C16H15N3O2. The Morgan fingerprint density at radius 2 is 2.00 bits per heavy atom. The summed E-state index contributed by atoms with van der Waals surface area (Å²) in [5.74, 6) is -0.00727. The minimum atomic E-state index is -0.283. The predicted octanol–water partition coefficient (Wildman–Crippen LogP) is 3.33. The zero-order valence-electron chi connectivity index (χ0n) is 11.8. The lowest BCUT2D eigenvalue weighted by Gasteiger charge is -2.11. The summed E-state index contributed by atoms with van der Waals surface area (Å²) in [7, 11) is 0. The second-order valence-electron chi connectivity index (χ2n) is 4.79. The van der Waals surface area contributed by atoms with Gasteiger partial charge in [0.1, 0.15) is 0 Å². The van der Waals surface area contributed by atoms with Crippen LogP contribution in [0.1, 0.15) is 21.9 Å². The first-order valence-electron chi connectivity index (χ1n) is 6.62. The molecule has 2 heterocycles. The SMILES string of the molecule is Cc1cc(C)n(-c2ccccc2NC(=O)c2ccco2)n1. The fourth-order valence-electron chi connectivity index (χ4n) is 2.23. The number of hydrogen-bond donors (Lipinski definition) is 1. The van der Waals surface area contributed by atoms with E-state index < -0.39 is 0 Å². The smallest absolute Gasteiger partial charge is 0.291 e. The van der Waals surface area contributed by atoms with Crippen molar-refractivity contribution in [1.29, 1.82) is 0 Å². The van der Waals surface area contributed by atoms with E-state index in [0.717, 1.165) is 17.1 Å². The number of nitrogens with zero attached hydrogens (tertiary/aromatic N) is 2. The Bertz CT molecular complexity index is 773. The van der Waals surface area contributed by atoms with E-state index in [-0.39, 0.29) is 11.7 Å². The molecule has 5 nitrogen and oxygen atoms in total. The summed E-state index contributed by atoms with van der Waals surface area (Å²) in [6, 6.07) is 12.8. The number of nitrogens with one attached hydrogen (secondary N) is 1. The van der Waals surface area contributed by atoms with Crippen molar-refractivity contribution < 1.29 is 9.21 Å². The summed E-state index contributed by atoms with van der Waals surface area (Å²) < 4.78 is 6.92. The number of aryl methyl sites for hydroxylation is 2. The number of carbonyl (C=O) groups is 1. The third-order valence-electron chi connectivity index (χ3n) is 3.14. The average Bonchev–Trinajstić information content (AvgIpc) is 3.09. The van der Waals surface area contributed by atoms with Gasteiger partial charge in [0.15, 0.2) is 5.76 Å². The van der Waals surface area contributed by atoms with Crippen molar-refractivity contribution in [2.45, 2.75) is 13.8 Å². The molecule has 0 atom stereocenters. The van der Waals surface area contributed by atoms with Crippen LogP contribution in [0.25, 0.3) is 5.69 Å². The van der Waals surface area contributed by atoms with Crippen LogP contribution in [0.15, 0.2) is 53.1 Å². The first-order chi connectivity index (χ1) is 10.1. The summed E-state index contributed by atoms with van der Waals surface area (Å²) in [5, 5.41) is 7.31. The third-order valence-corrected chi connectivity index (χ3v) is 3.14. The molecule has 3 rings (SSSR count). The quantitative estimate of drug-likeness (QED) is 0.801. The maximum absolute atomic E-state index is 12.1. The molecule has 5 heteroatoms. The summed E-state index contributed by atoms with van der Waals surface area (Å²) in [6.45, 7) is 3.92. The maximum Gasteiger partial charge on any atom is 0.291 e. The number of furan rings is 1. The van der Waals surface area contributed by atoms with Crippen LogP contribution >= 0.6 is 0 Å². The number of hydrogen-bond acceptors (Lipinski definition) is 3. The largest absolute Gasteiger partial charge is 0.459 e. The Kier molecular flexibility index (Phi) is 3.31. The summed E-state index contributed by atoms with van der Waals surface area (Å²) in [6.07, 6.45) is 1.47. The average molecular weight is 281 g/mol. The zero-order valence-corrected chi connectivity index (χ0v) is 11.8. The molecule has 0 aliphatic rings. The van der Waals surface area contributed by atoms with Crippen molar-refractivity contribution in [1.82, 2.24) is 9.78 Å². The predicted molar refractivity (Wildman–Crippen MR) is 79.7 cm³/mol. The highest BCUT2D eigenvalue weighted by atomic mass is 16.3. The van der Waals surface area contributed by atoms with Crippen LogP contribution in [-0.2, 0) is 0 Å². The monoisotopic (exact) mass is 281 g/mol.